The minimum absolute atomic E-state index is 0.207. The molecule has 6 nitrogen and oxygen atoms in total. The zero-order valence-electron chi connectivity index (χ0n) is 11.4. The zero-order chi connectivity index (χ0) is 14.8. The molecule has 0 unspecified atom stereocenters. The summed E-state index contributed by atoms with van der Waals surface area (Å²) in [7, 11) is 0. The molecule has 0 saturated carbocycles. The van der Waals surface area contributed by atoms with Crippen LogP contribution in [-0.4, -0.2) is 41.6 Å². The number of benzene rings is 1. The maximum atomic E-state index is 12.3. The average molecular weight is 289 g/mol. The molecule has 6 heteroatoms. The molecule has 0 saturated heterocycles. The van der Waals surface area contributed by atoms with Gasteiger partial charge in [0.05, 0.1) is 5.56 Å². The fourth-order valence-electron chi connectivity index (χ4n) is 2.62. The molecule has 1 N–H and O–H groups in total. The molecule has 0 radical (unpaired) electrons. The first-order chi connectivity index (χ1) is 10.2. The highest BCUT2D eigenvalue weighted by atomic mass is 16.6. The van der Waals surface area contributed by atoms with E-state index in [0.717, 1.165) is 11.1 Å². The maximum Gasteiger partial charge on any atom is 0.335 e. The van der Waals surface area contributed by atoms with Crippen LogP contribution >= 0.6 is 0 Å². The minimum Gasteiger partial charge on any atom is -0.494 e. The maximum absolute atomic E-state index is 12.3. The van der Waals surface area contributed by atoms with E-state index in [-0.39, 0.29) is 11.7 Å². The van der Waals surface area contributed by atoms with Gasteiger partial charge in [-0.2, -0.15) is 0 Å². The van der Waals surface area contributed by atoms with Crippen LogP contribution in [0.2, 0.25) is 0 Å². The topological polar surface area (TPSA) is 76.1 Å². The lowest BCUT2D eigenvalue weighted by atomic mass is 9.94. The van der Waals surface area contributed by atoms with Crippen molar-refractivity contribution in [1.82, 2.24) is 4.90 Å². The summed E-state index contributed by atoms with van der Waals surface area (Å²) in [6.07, 6.45) is 1.87. The Morgan fingerprint density at radius 2 is 2.10 bits per heavy atom. The van der Waals surface area contributed by atoms with Gasteiger partial charge in [0.1, 0.15) is 19.5 Å². The molecule has 21 heavy (non-hydrogen) atoms. The van der Waals surface area contributed by atoms with E-state index < -0.39 is 5.97 Å². The minimum atomic E-state index is -0.932. The first-order valence-corrected chi connectivity index (χ1v) is 6.74. The van der Waals surface area contributed by atoms with Crippen molar-refractivity contribution >= 4 is 11.9 Å². The summed E-state index contributed by atoms with van der Waals surface area (Å²) in [6, 6.07) is 5.16. The highest BCUT2D eigenvalue weighted by Crippen LogP contribution is 2.24. The van der Waals surface area contributed by atoms with Crippen molar-refractivity contribution in [3.63, 3.8) is 0 Å². The Morgan fingerprint density at radius 3 is 2.81 bits per heavy atom. The molecule has 2 heterocycles. The summed E-state index contributed by atoms with van der Waals surface area (Å²) in [5.41, 5.74) is 1.99. The van der Waals surface area contributed by atoms with Gasteiger partial charge in [0.15, 0.2) is 0 Å². The first-order valence-electron chi connectivity index (χ1n) is 6.74. The van der Waals surface area contributed by atoms with Gasteiger partial charge in [-0.15, -0.1) is 0 Å². The van der Waals surface area contributed by atoms with E-state index in [1.165, 1.54) is 6.26 Å². The number of nitrogens with zero attached hydrogens (tertiary/aromatic N) is 1. The molecule has 1 aromatic carbocycles. The summed E-state index contributed by atoms with van der Waals surface area (Å²) < 4.78 is 10.4. The molecule has 1 aromatic rings. The Morgan fingerprint density at radius 1 is 1.24 bits per heavy atom. The second kappa shape index (κ2) is 5.47. The first kappa shape index (κ1) is 13.5. The molecule has 0 aliphatic carbocycles. The van der Waals surface area contributed by atoms with Crippen LogP contribution in [0.4, 0.5) is 0 Å². The van der Waals surface area contributed by atoms with Gasteiger partial charge in [0.25, 0.3) is 5.91 Å². The van der Waals surface area contributed by atoms with E-state index >= 15 is 0 Å². The van der Waals surface area contributed by atoms with Gasteiger partial charge in [-0.05, 0) is 23.6 Å². The van der Waals surface area contributed by atoms with Gasteiger partial charge >= 0.3 is 5.97 Å². The number of hydrogen-bond donors (Lipinski definition) is 1. The molecule has 0 atom stereocenters. The van der Waals surface area contributed by atoms with Crippen LogP contribution in [0.25, 0.3) is 0 Å². The fourth-order valence-corrected chi connectivity index (χ4v) is 2.62. The van der Waals surface area contributed by atoms with Crippen molar-refractivity contribution in [2.75, 3.05) is 19.8 Å². The average Bonchev–Trinajstić information content (AvgIpc) is 2.53. The third kappa shape index (κ3) is 2.56. The third-order valence-corrected chi connectivity index (χ3v) is 3.64. The highest BCUT2D eigenvalue weighted by molar-refractivity contribution is 5.92. The predicted molar refractivity (Wildman–Crippen MR) is 72.5 cm³/mol. The lowest BCUT2D eigenvalue weighted by Gasteiger charge is -2.30. The number of hydrogen-bond acceptors (Lipinski definition) is 4. The van der Waals surface area contributed by atoms with E-state index in [1.807, 2.05) is 6.07 Å². The molecular weight excluding hydrogens is 274 g/mol. The number of ether oxygens (including phenoxy) is 2. The van der Waals surface area contributed by atoms with Gasteiger partial charge in [0.2, 0.25) is 5.76 Å². The Bertz CT molecular complexity index is 622. The smallest absolute Gasteiger partial charge is 0.335 e. The van der Waals surface area contributed by atoms with Crippen molar-refractivity contribution in [2.24, 2.45) is 0 Å². The summed E-state index contributed by atoms with van der Waals surface area (Å²) >= 11 is 0. The quantitative estimate of drug-likeness (QED) is 0.884. The molecule has 0 fully saturated rings. The molecule has 0 aromatic heterocycles. The van der Waals surface area contributed by atoms with Gasteiger partial charge in [-0.25, -0.2) is 4.79 Å². The molecule has 2 aliphatic heterocycles. The van der Waals surface area contributed by atoms with E-state index in [1.54, 1.807) is 17.0 Å². The van der Waals surface area contributed by atoms with Crippen molar-refractivity contribution in [3.8, 4) is 0 Å². The molecule has 2 aliphatic rings. The predicted octanol–water partition coefficient (Wildman–Crippen LogP) is 1.16. The lowest BCUT2D eigenvalue weighted by molar-refractivity contribution is -0.133. The number of carbonyl (C=O) groups is 2. The van der Waals surface area contributed by atoms with Crippen LogP contribution in [0, 0.1) is 0 Å². The van der Waals surface area contributed by atoms with E-state index in [2.05, 4.69) is 0 Å². The van der Waals surface area contributed by atoms with Crippen molar-refractivity contribution in [1.29, 1.82) is 0 Å². The van der Waals surface area contributed by atoms with Crippen molar-refractivity contribution < 1.29 is 24.2 Å². The van der Waals surface area contributed by atoms with Gasteiger partial charge in [-0.1, -0.05) is 12.1 Å². The summed E-state index contributed by atoms with van der Waals surface area (Å²) in [5.74, 6) is -0.946. The van der Waals surface area contributed by atoms with Crippen LogP contribution in [0.3, 0.4) is 0 Å². The monoisotopic (exact) mass is 289 g/mol. The largest absolute Gasteiger partial charge is 0.494 e. The van der Waals surface area contributed by atoms with Gasteiger partial charge in [0, 0.05) is 13.1 Å². The molecule has 3 rings (SSSR count). The number of rotatable bonds is 2. The summed E-state index contributed by atoms with van der Waals surface area (Å²) in [4.78, 5) is 25.2. The Kier molecular flexibility index (Phi) is 3.51. The van der Waals surface area contributed by atoms with Crippen molar-refractivity contribution in [2.45, 2.75) is 13.0 Å². The van der Waals surface area contributed by atoms with Gasteiger partial charge < -0.3 is 19.5 Å². The second-order valence-corrected chi connectivity index (χ2v) is 4.93. The zero-order valence-corrected chi connectivity index (χ0v) is 11.4. The molecule has 0 spiro atoms. The fraction of sp³-hybridized carbons (Fsp3) is 0.333. The molecule has 1 amide bonds. The van der Waals surface area contributed by atoms with E-state index in [9.17, 15) is 14.7 Å². The number of carboxylic acids is 1. The highest BCUT2D eigenvalue weighted by Gasteiger charge is 2.27. The molecular formula is C15H15NO5. The Balaban J connectivity index is 1.82. The second-order valence-electron chi connectivity index (χ2n) is 4.93. The van der Waals surface area contributed by atoms with Crippen LogP contribution in [-0.2, 0) is 27.2 Å². The van der Waals surface area contributed by atoms with E-state index in [0.29, 0.717) is 38.3 Å². The number of fused-ring (bicyclic) bond motifs is 1. The summed E-state index contributed by atoms with van der Waals surface area (Å²) in [5, 5.41) is 9.19. The summed E-state index contributed by atoms with van der Waals surface area (Å²) in [6.45, 7) is 1.67. The van der Waals surface area contributed by atoms with Crippen molar-refractivity contribution in [3.05, 3.63) is 46.9 Å². The van der Waals surface area contributed by atoms with Crippen LogP contribution < -0.4 is 0 Å². The number of amides is 1. The van der Waals surface area contributed by atoms with E-state index in [4.69, 9.17) is 9.47 Å². The van der Waals surface area contributed by atoms with Gasteiger partial charge in [-0.3, -0.25) is 4.79 Å². The molecule has 0 bridgehead atoms. The number of carbonyl (C=O) groups excluding carboxylic acids is 1. The van der Waals surface area contributed by atoms with Crippen LogP contribution in [0.15, 0.2) is 30.2 Å². The normalized spacial score (nSPS) is 17.1. The Labute approximate surface area is 121 Å². The lowest BCUT2D eigenvalue weighted by Crippen LogP contribution is -2.38. The Hall–Kier alpha value is -2.50. The standard InChI is InChI=1S/C15H15NO5/c17-14(13-9-20-6-7-21-13)16-5-4-11-10(8-16)2-1-3-12(11)15(18)19/h1-3,9H,4-8H2,(H,18,19). The SMILES string of the molecule is O=C(O)c1cccc2c1CCN(C(=O)C1=COCCO1)C2. The van der Waals surface area contributed by atoms with Crippen LogP contribution in [0.1, 0.15) is 21.5 Å². The third-order valence-electron chi connectivity index (χ3n) is 3.64. The number of aromatic carboxylic acids is 1. The van der Waals surface area contributed by atoms with Crippen LogP contribution in [0.5, 0.6) is 0 Å². The number of carboxylic acid groups (broad SMARTS) is 1. The molecule has 110 valence electrons.